The van der Waals surface area contributed by atoms with Crippen molar-refractivity contribution in [2.45, 2.75) is 33.0 Å². The molecule has 1 fully saturated rings. The summed E-state index contributed by atoms with van der Waals surface area (Å²) in [5.74, 6) is -0.401. The third-order valence-electron chi connectivity index (χ3n) is 3.92. The van der Waals surface area contributed by atoms with Crippen molar-refractivity contribution in [1.82, 2.24) is 9.80 Å². The Labute approximate surface area is 151 Å². The van der Waals surface area contributed by atoms with Crippen LogP contribution in [0.3, 0.4) is 0 Å². The second-order valence-electron chi connectivity index (χ2n) is 7.02. The fourth-order valence-corrected chi connectivity index (χ4v) is 2.60. The van der Waals surface area contributed by atoms with Crippen molar-refractivity contribution in [3.05, 3.63) is 39.4 Å². The number of carbonyl (C=O) groups excluding carboxylic acids is 2. The van der Waals surface area contributed by atoms with Gasteiger partial charge in [0.2, 0.25) is 0 Å². The first-order valence-corrected chi connectivity index (χ1v) is 8.28. The predicted octanol–water partition coefficient (Wildman–Crippen LogP) is 1.78. The van der Waals surface area contributed by atoms with E-state index in [4.69, 9.17) is 4.74 Å². The zero-order valence-electron chi connectivity index (χ0n) is 15.1. The number of nitro benzene ring substituents is 1. The molecule has 1 heterocycles. The van der Waals surface area contributed by atoms with Gasteiger partial charge in [0.05, 0.1) is 17.1 Å². The molecule has 2 rings (SSSR count). The van der Waals surface area contributed by atoms with E-state index in [2.05, 4.69) is 0 Å². The molecule has 0 spiro atoms. The number of amides is 2. The summed E-state index contributed by atoms with van der Waals surface area (Å²) in [4.78, 5) is 38.2. The first-order valence-electron chi connectivity index (χ1n) is 8.28. The van der Waals surface area contributed by atoms with E-state index in [1.807, 2.05) is 0 Å². The van der Waals surface area contributed by atoms with Crippen molar-refractivity contribution in [2.75, 3.05) is 26.2 Å². The van der Waals surface area contributed by atoms with E-state index >= 15 is 0 Å². The van der Waals surface area contributed by atoms with E-state index in [-0.39, 0.29) is 24.3 Å². The Bertz CT molecular complexity index is 705. The van der Waals surface area contributed by atoms with Crippen molar-refractivity contribution >= 4 is 17.7 Å². The quantitative estimate of drug-likeness (QED) is 0.645. The molecule has 1 aliphatic rings. The molecule has 0 saturated carbocycles. The maximum absolute atomic E-state index is 12.7. The van der Waals surface area contributed by atoms with Gasteiger partial charge in [-0.3, -0.25) is 14.9 Å². The lowest BCUT2D eigenvalue weighted by atomic mass is 10.1. The number of aliphatic hydroxyl groups is 1. The van der Waals surface area contributed by atoms with Gasteiger partial charge >= 0.3 is 6.09 Å². The summed E-state index contributed by atoms with van der Waals surface area (Å²) in [7, 11) is 0. The summed E-state index contributed by atoms with van der Waals surface area (Å²) in [5.41, 5.74) is -0.371. The predicted molar refractivity (Wildman–Crippen MR) is 92.7 cm³/mol. The number of aliphatic hydroxyl groups excluding tert-OH is 1. The van der Waals surface area contributed by atoms with Gasteiger partial charge in [0.1, 0.15) is 5.60 Å². The number of nitro groups is 1. The molecule has 142 valence electrons. The molecule has 0 atom stereocenters. The van der Waals surface area contributed by atoms with Crippen LogP contribution in [0.25, 0.3) is 0 Å². The lowest BCUT2D eigenvalue weighted by molar-refractivity contribution is -0.384. The SMILES string of the molecule is CC(C)(C)OC(=O)N1CCN(C(=O)c2cc([N+](=O)[O-])ccc2CO)CC1. The average molecular weight is 365 g/mol. The fourth-order valence-electron chi connectivity index (χ4n) is 2.60. The Kier molecular flexibility index (Phi) is 5.81. The van der Waals surface area contributed by atoms with Crippen LogP contribution in [0.5, 0.6) is 0 Å². The number of benzene rings is 1. The Balaban J connectivity index is 2.08. The minimum atomic E-state index is -0.594. The highest BCUT2D eigenvalue weighted by atomic mass is 16.6. The maximum Gasteiger partial charge on any atom is 0.410 e. The summed E-state index contributed by atoms with van der Waals surface area (Å²) in [5, 5.41) is 20.4. The van der Waals surface area contributed by atoms with Gasteiger partial charge in [-0.15, -0.1) is 0 Å². The number of ether oxygens (including phenoxy) is 1. The molecule has 0 bridgehead atoms. The third-order valence-corrected chi connectivity index (χ3v) is 3.92. The number of hydrogen-bond donors (Lipinski definition) is 1. The zero-order valence-corrected chi connectivity index (χ0v) is 15.1. The monoisotopic (exact) mass is 365 g/mol. The molecule has 0 unspecified atom stereocenters. The number of hydrogen-bond acceptors (Lipinski definition) is 6. The fraction of sp³-hybridized carbons (Fsp3) is 0.529. The highest BCUT2D eigenvalue weighted by Gasteiger charge is 2.29. The van der Waals surface area contributed by atoms with Crippen LogP contribution in [0.2, 0.25) is 0 Å². The van der Waals surface area contributed by atoms with Crippen molar-refractivity contribution in [3.63, 3.8) is 0 Å². The summed E-state index contributed by atoms with van der Waals surface area (Å²) in [6.07, 6.45) is -0.434. The Morgan fingerprint density at radius 2 is 1.77 bits per heavy atom. The van der Waals surface area contributed by atoms with Gasteiger partial charge in [-0.1, -0.05) is 0 Å². The molecule has 9 nitrogen and oxygen atoms in total. The normalized spacial score (nSPS) is 14.9. The molecule has 1 aliphatic heterocycles. The second kappa shape index (κ2) is 7.69. The number of rotatable bonds is 3. The van der Waals surface area contributed by atoms with E-state index < -0.39 is 29.1 Å². The Hall–Kier alpha value is -2.68. The van der Waals surface area contributed by atoms with Crippen LogP contribution in [-0.2, 0) is 11.3 Å². The molecule has 2 amide bonds. The van der Waals surface area contributed by atoms with Gasteiger partial charge in [-0.25, -0.2) is 4.79 Å². The van der Waals surface area contributed by atoms with Crippen LogP contribution in [0, 0.1) is 10.1 Å². The lowest BCUT2D eigenvalue weighted by Crippen LogP contribution is -2.51. The van der Waals surface area contributed by atoms with Crippen molar-refractivity contribution in [1.29, 1.82) is 0 Å². The smallest absolute Gasteiger partial charge is 0.410 e. The van der Waals surface area contributed by atoms with Crippen molar-refractivity contribution < 1.29 is 24.4 Å². The largest absolute Gasteiger partial charge is 0.444 e. The molecule has 1 aromatic rings. The Morgan fingerprint density at radius 3 is 2.27 bits per heavy atom. The third kappa shape index (κ3) is 4.69. The minimum absolute atomic E-state index is 0.104. The highest BCUT2D eigenvalue weighted by molar-refractivity contribution is 5.96. The molecule has 0 radical (unpaired) electrons. The summed E-state index contributed by atoms with van der Waals surface area (Å²) >= 11 is 0. The van der Waals surface area contributed by atoms with Gasteiger partial charge < -0.3 is 19.6 Å². The van der Waals surface area contributed by atoms with Crippen LogP contribution in [0.1, 0.15) is 36.7 Å². The summed E-state index contributed by atoms with van der Waals surface area (Å²) in [6, 6.07) is 3.80. The maximum atomic E-state index is 12.7. The van der Waals surface area contributed by atoms with Crippen LogP contribution in [0.4, 0.5) is 10.5 Å². The van der Waals surface area contributed by atoms with Crippen LogP contribution in [-0.4, -0.2) is 63.6 Å². The van der Waals surface area contributed by atoms with E-state index in [1.165, 1.54) is 28.0 Å². The molecule has 0 aromatic heterocycles. The Morgan fingerprint density at radius 1 is 1.19 bits per heavy atom. The first kappa shape index (κ1) is 19.6. The first-order chi connectivity index (χ1) is 12.1. The van der Waals surface area contributed by atoms with Crippen LogP contribution in [0.15, 0.2) is 18.2 Å². The molecular formula is C17H23N3O6. The van der Waals surface area contributed by atoms with Crippen molar-refractivity contribution in [3.8, 4) is 0 Å². The van der Waals surface area contributed by atoms with E-state index in [1.54, 1.807) is 20.8 Å². The number of carbonyl (C=O) groups is 2. The van der Waals surface area contributed by atoms with Gasteiger partial charge in [0, 0.05) is 38.3 Å². The second-order valence-corrected chi connectivity index (χ2v) is 7.02. The number of non-ortho nitro benzene ring substituents is 1. The summed E-state index contributed by atoms with van der Waals surface area (Å²) < 4.78 is 5.31. The average Bonchev–Trinajstić information content (AvgIpc) is 2.59. The van der Waals surface area contributed by atoms with Crippen LogP contribution < -0.4 is 0 Å². The molecule has 26 heavy (non-hydrogen) atoms. The lowest BCUT2D eigenvalue weighted by Gasteiger charge is -2.35. The topological polar surface area (TPSA) is 113 Å². The number of nitrogens with zero attached hydrogens (tertiary/aromatic N) is 3. The summed E-state index contributed by atoms with van der Waals surface area (Å²) in [6.45, 7) is 6.14. The number of piperazine rings is 1. The highest BCUT2D eigenvalue weighted by Crippen LogP contribution is 2.21. The van der Waals surface area contributed by atoms with E-state index in [9.17, 15) is 24.8 Å². The van der Waals surface area contributed by atoms with E-state index in [0.29, 0.717) is 18.7 Å². The molecule has 0 aliphatic carbocycles. The van der Waals surface area contributed by atoms with Gasteiger partial charge in [-0.2, -0.15) is 0 Å². The minimum Gasteiger partial charge on any atom is -0.444 e. The van der Waals surface area contributed by atoms with Gasteiger partial charge in [0.25, 0.3) is 11.6 Å². The zero-order chi connectivity index (χ0) is 19.5. The molecule has 1 aromatic carbocycles. The molecule has 9 heteroatoms. The molecule has 1 N–H and O–H groups in total. The molecular weight excluding hydrogens is 342 g/mol. The molecule has 1 saturated heterocycles. The van der Waals surface area contributed by atoms with Crippen molar-refractivity contribution in [2.24, 2.45) is 0 Å². The standard InChI is InChI=1S/C17H23N3O6/c1-17(2,3)26-16(23)19-8-6-18(7-9-19)15(22)14-10-13(20(24)25)5-4-12(14)11-21/h4-5,10,21H,6-9,11H2,1-3H3. The van der Waals surface area contributed by atoms with E-state index in [0.717, 1.165) is 0 Å². The van der Waals surface area contributed by atoms with Crippen LogP contribution >= 0.6 is 0 Å². The van der Waals surface area contributed by atoms with Gasteiger partial charge in [0.15, 0.2) is 0 Å². The van der Waals surface area contributed by atoms with Gasteiger partial charge in [-0.05, 0) is 32.4 Å².